The Morgan fingerprint density at radius 3 is 2.39 bits per heavy atom. The molecule has 0 fully saturated rings. The van der Waals surface area contributed by atoms with Gasteiger partial charge >= 0.3 is 12.2 Å². The van der Waals surface area contributed by atoms with Gasteiger partial charge in [0, 0.05) is 5.56 Å². The molecule has 0 bridgehead atoms. The number of amides is 2. The predicted octanol–water partition coefficient (Wildman–Crippen LogP) is 6.07. The van der Waals surface area contributed by atoms with Crippen LogP contribution in [-0.2, 0) is 16.0 Å². The molecule has 14 nitrogen and oxygen atoms in total. The van der Waals surface area contributed by atoms with Crippen LogP contribution in [0, 0.1) is 0 Å². The van der Waals surface area contributed by atoms with Gasteiger partial charge in [-0.1, -0.05) is 23.2 Å². The van der Waals surface area contributed by atoms with Crippen LogP contribution in [0.3, 0.4) is 0 Å². The van der Waals surface area contributed by atoms with Crippen LogP contribution in [0.4, 0.5) is 15.4 Å². The third kappa shape index (κ3) is 8.92. The number of nitrogens with one attached hydrogen (secondary N) is 3. The summed E-state index contributed by atoms with van der Waals surface area (Å²) in [5.74, 6) is 1.22. The highest BCUT2D eigenvalue weighted by Gasteiger charge is 2.23. The van der Waals surface area contributed by atoms with Crippen LogP contribution >= 0.6 is 23.2 Å². The Balaban J connectivity index is 1.46. The average Bonchev–Trinajstić information content (AvgIpc) is 3.59. The number of hydrogen-bond acceptors (Lipinski definition) is 10. The predicted molar refractivity (Wildman–Crippen MR) is 164 cm³/mol. The lowest BCUT2D eigenvalue weighted by atomic mass is 10.1. The van der Waals surface area contributed by atoms with Crippen LogP contribution in [-0.4, -0.2) is 64.7 Å². The van der Waals surface area contributed by atoms with E-state index in [0.29, 0.717) is 57.8 Å². The lowest BCUT2D eigenvalue weighted by Gasteiger charge is -2.23. The van der Waals surface area contributed by atoms with E-state index in [0.717, 1.165) is 0 Å². The third-order valence-electron chi connectivity index (χ3n) is 5.85. The van der Waals surface area contributed by atoms with E-state index < -0.39 is 29.4 Å². The highest BCUT2D eigenvalue weighted by atomic mass is 35.5. The largest absolute Gasteiger partial charge is 0.493 e. The Hall–Kier alpha value is -4.17. The number of anilines is 1. The number of rotatable bonds is 10. The molecule has 0 saturated heterocycles. The average molecular weight is 649 g/mol. The Morgan fingerprint density at radius 2 is 1.70 bits per heavy atom. The van der Waals surface area contributed by atoms with E-state index in [2.05, 4.69) is 40.8 Å². The maximum atomic E-state index is 12.4. The molecule has 2 amide bonds. The van der Waals surface area contributed by atoms with Crippen molar-refractivity contribution in [2.75, 3.05) is 11.9 Å². The van der Waals surface area contributed by atoms with E-state index in [9.17, 15) is 9.59 Å². The van der Waals surface area contributed by atoms with Crippen LogP contribution < -0.4 is 15.4 Å². The van der Waals surface area contributed by atoms with Crippen molar-refractivity contribution in [2.45, 2.75) is 78.2 Å². The summed E-state index contributed by atoms with van der Waals surface area (Å²) in [4.78, 5) is 41.8. The van der Waals surface area contributed by atoms with Crippen molar-refractivity contribution in [2.24, 2.45) is 0 Å². The molecule has 3 heterocycles. The number of halogens is 2. The number of H-pyrrole nitrogens is 1. The number of fused-ring (bicyclic) bond motifs is 1. The summed E-state index contributed by atoms with van der Waals surface area (Å²) in [6.45, 7) is 11.2. The molecule has 236 valence electrons. The minimum atomic E-state index is -0.680. The maximum Gasteiger partial charge on any atom is 0.413 e. The van der Waals surface area contributed by atoms with Crippen molar-refractivity contribution in [3.63, 3.8) is 0 Å². The van der Waals surface area contributed by atoms with Crippen molar-refractivity contribution < 1.29 is 23.8 Å². The first-order valence-corrected chi connectivity index (χ1v) is 14.6. The van der Waals surface area contributed by atoms with Crippen molar-refractivity contribution in [1.82, 2.24) is 40.0 Å². The van der Waals surface area contributed by atoms with Gasteiger partial charge < -0.3 is 24.1 Å². The van der Waals surface area contributed by atoms with Crippen molar-refractivity contribution in [3.8, 4) is 5.75 Å². The molecule has 0 saturated carbocycles. The molecule has 3 aromatic heterocycles. The van der Waals surface area contributed by atoms with E-state index in [4.69, 9.17) is 37.4 Å². The molecule has 1 atom stereocenters. The van der Waals surface area contributed by atoms with E-state index in [1.54, 1.807) is 64.6 Å². The zero-order valence-electron chi connectivity index (χ0n) is 25.3. The van der Waals surface area contributed by atoms with Crippen LogP contribution in [0.15, 0.2) is 31.1 Å². The summed E-state index contributed by atoms with van der Waals surface area (Å²) in [6, 6.07) is 2.92. The van der Waals surface area contributed by atoms with Crippen LogP contribution in [0.1, 0.15) is 71.8 Å². The van der Waals surface area contributed by atoms with Gasteiger partial charge in [0.2, 0.25) is 0 Å². The van der Waals surface area contributed by atoms with Crippen LogP contribution in [0.5, 0.6) is 5.75 Å². The minimum Gasteiger partial charge on any atom is -0.493 e. The fraction of sp³-hybridized carbons (Fsp3) is 0.464. The monoisotopic (exact) mass is 647 g/mol. The highest BCUT2D eigenvalue weighted by molar-refractivity contribution is 6.42. The number of aromatic amines is 1. The Labute approximate surface area is 264 Å². The number of imidazole rings is 1. The van der Waals surface area contributed by atoms with Crippen molar-refractivity contribution >= 4 is 52.4 Å². The first-order chi connectivity index (χ1) is 20.7. The Bertz CT molecular complexity index is 1600. The lowest BCUT2D eigenvalue weighted by Crippen LogP contribution is -2.35. The second-order valence-electron chi connectivity index (χ2n) is 11.8. The first-order valence-electron chi connectivity index (χ1n) is 13.8. The number of hydrogen-bond donors (Lipinski definition) is 3. The molecule has 0 aliphatic heterocycles. The van der Waals surface area contributed by atoms with Crippen LogP contribution in [0.25, 0.3) is 11.2 Å². The first kappa shape index (κ1) is 32.7. The van der Waals surface area contributed by atoms with E-state index in [1.807, 2.05) is 0 Å². The third-order valence-corrected chi connectivity index (χ3v) is 6.69. The quantitative estimate of drug-likeness (QED) is 0.171. The van der Waals surface area contributed by atoms with E-state index in [-0.39, 0.29) is 12.4 Å². The molecule has 3 N–H and O–H groups in total. The van der Waals surface area contributed by atoms with Gasteiger partial charge in [0.15, 0.2) is 17.0 Å². The van der Waals surface area contributed by atoms with Gasteiger partial charge in [-0.05, 0) is 66.5 Å². The van der Waals surface area contributed by atoms with E-state index in [1.165, 1.54) is 12.7 Å². The molecule has 0 unspecified atom stereocenters. The maximum absolute atomic E-state index is 12.4. The summed E-state index contributed by atoms with van der Waals surface area (Å²) < 4.78 is 18.6. The number of nitrogens with zero attached hydrogens (tertiary/aromatic N) is 6. The summed E-state index contributed by atoms with van der Waals surface area (Å²) in [5, 5.41) is 12.8. The molecule has 4 rings (SSSR count). The van der Waals surface area contributed by atoms with Crippen molar-refractivity contribution in [3.05, 3.63) is 52.5 Å². The van der Waals surface area contributed by atoms with Gasteiger partial charge in [0.1, 0.15) is 35.4 Å². The number of benzene rings is 1. The molecule has 4 aromatic rings. The Kier molecular flexibility index (Phi) is 10.1. The second kappa shape index (κ2) is 13.6. The zero-order valence-corrected chi connectivity index (χ0v) is 26.8. The molecular formula is C28H35Cl2N9O5. The summed E-state index contributed by atoms with van der Waals surface area (Å²) >= 11 is 13.0. The van der Waals surface area contributed by atoms with Crippen LogP contribution in [0.2, 0.25) is 10.0 Å². The standard InChI is InChI=1S/C28H35Cl2N9O5/c1-27(2,3)43-25(40)36-18(22-32-14-35-38-22)8-7-11-42-19-10-9-17(29)20(30)16(19)12-39-15-34-21-23(31-13-33-24(21)39)37-26(41)44-28(4,5)6/h9-10,13-15,18H,7-8,11-12H2,1-6H3,(H,36,40)(H,32,35,38)(H,31,33,37,41)/t18-/m1/s1. The summed E-state index contributed by atoms with van der Waals surface area (Å²) in [6.07, 6.45) is 4.06. The molecule has 16 heteroatoms. The number of carbonyl (C=O) groups excluding carboxylic acids is 2. The van der Waals surface area contributed by atoms with Gasteiger partial charge in [-0.25, -0.2) is 29.5 Å². The number of aromatic nitrogens is 7. The number of carbonyl (C=O) groups is 2. The molecule has 0 aliphatic rings. The SMILES string of the molecule is CC(C)(C)OC(=O)Nc1ncnc2c1ncn2Cc1c(OCCC[C@@H](NC(=O)OC(C)(C)C)c2ncn[nH]2)ccc(Cl)c1Cl. The normalized spacial score (nSPS) is 12.5. The highest BCUT2D eigenvalue weighted by Crippen LogP contribution is 2.35. The fourth-order valence-electron chi connectivity index (χ4n) is 4.10. The zero-order chi connectivity index (χ0) is 32.1. The molecular weight excluding hydrogens is 613 g/mol. The fourth-order valence-corrected chi connectivity index (χ4v) is 4.49. The van der Waals surface area contributed by atoms with Gasteiger partial charge in [-0.2, -0.15) is 5.10 Å². The molecule has 0 aliphatic carbocycles. The summed E-state index contributed by atoms with van der Waals surface area (Å²) in [7, 11) is 0. The number of alkyl carbamates (subject to hydrolysis) is 1. The van der Waals surface area contributed by atoms with Gasteiger partial charge in [-0.15, -0.1) is 0 Å². The molecule has 1 aromatic carbocycles. The van der Waals surface area contributed by atoms with Gasteiger partial charge in [-0.3, -0.25) is 10.4 Å². The second-order valence-corrected chi connectivity index (χ2v) is 12.6. The molecule has 44 heavy (non-hydrogen) atoms. The smallest absolute Gasteiger partial charge is 0.413 e. The molecule has 0 spiro atoms. The van der Waals surface area contributed by atoms with Gasteiger partial charge in [0.25, 0.3) is 0 Å². The van der Waals surface area contributed by atoms with Crippen molar-refractivity contribution in [1.29, 1.82) is 0 Å². The topological polar surface area (TPSA) is 171 Å². The van der Waals surface area contributed by atoms with E-state index >= 15 is 0 Å². The minimum absolute atomic E-state index is 0.206. The number of ether oxygens (including phenoxy) is 3. The summed E-state index contributed by atoms with van der Waals surface area (Å²) in [5.41, 5.74) is 0.107. The van der Waals surface area contributed by atoms with Gasteiger partial charge in [0.05, 0.1) is 35.6 Å². The Morgan fingerprint density at radius 1 is 0.977 bits per heavy atom. The lowest BCUT2D eigenvalue weighted by molar-refractivity contribution is 0.0495. The molecule has 0 radical (unpaired) electrons.